The Balaban J connectivity index is 0.00000144. The number of likely N-dealkylation sites (tertiary alicyclic amines) is 1. The second kappa shape index (κ2) is 6.42. The molecule has 1 aliphatic rings. The molecule has 1 aromatic rings. The van der Waals surface area contributed by atoms with Crippen LogP contribution < -0.4 is 5.73 Å². The molecule has 1 aromatic heterocycles. The molecule has 2 heterocycles. The Bertz CT molecular complexity index is 383. The summed E-state index contributed by atoms with van der Waals surface area (Å²) in [5.74, 6) is 0.782. The Hall–Kier alpha value is -0.520. The van der Waals surface area contributed by atoms with Crippen LogP contribution in [0.25, 0.3) is 0 Å². The topological polar surface area (TPSA) is 59.5 Å². The van der Waals surface area contributed by atoms with Crippen LogP contribution in [-0.2, 0) is 0 Å². The molecule has 2 N–H and O–H groups in total. The Labute approximate surface area is 115 Å². The number of amides is 1. The highest BCUT2D eigenvalue weighted by molar-refractivity contribution is 9.10. The first kappa shape index (κ1) is 14.5. The van der Waals surface area contributed by atoms with Gasteiger partial charge in [0.2, 0.25) is 0 Å². The van der Waals surface area contributed by atoms with Gasteiger partial charge in [-0.25, -0.2) is 0 Å². The van der Waals surface area contributed by atoms with E-state index in [0.29, 0.717) is 22.9 Å². The van der Waals surface area contributed by atoms with Crippen molar-refractivity contribution in [1.82, 2.24) is 4.90 Å². The first-order chi connectivity index (χ1) is 7.70. The zero-order valence-electron chi connectivity index (χ0n) is 9.39. The van der Waals surface area contributed by atoms with Gasteiger partial charge in [0, 0.05) is 13.1 Å². The van der Waals surface area contributed by atoms with Crippen LogP contribution in [-0.4, -0.2) is 30.4 Å². The quantitative estimate of drug-likeness (QED) is 0.908. The second-order valence-electron chi connectivity index (χ2n) is 4.10. The molecule has 4 nitrogen and oxygen atoms in total. The van der Waals surface area contributed by atoms with Crippen molar-refractivity contribution in [3.63, 3.8) is 0 Å². The molecule has 0 aliphatic carbocycles. The van der Waals surface area contributed by atoms with Crippen LogP contribution in [0, 0.1) is 5.92 Å². The molecule has 2 rings (SSSR count). The summed E-state index contributed by atoms with van der Waals surface area (Å²) >= 11 is 3.19. The molecule has 6 heteroatoms. The molecule has 0 aromatic carbocycles. The molecular weight excluding hydrogens is 307 g/mol. The van der Waals surface area contributed by atoms with E-state index >= 15 is 0 Å². The fourth-order valence-corrected chi connectivity index (χ4v) is 2.33. The highest BCUT2D eigenvalue weighted by Gasteiger charge is 2.25. The van der Waals surface area contributed by atoms with E-state index in [1.165, 1.54) is 0 Å². The standard InChI is InChI=1S/C11H15BrN2O2.ClH/c12-10-4-3-9(16-10)11(15)14-5-1-2-8(6-13)7-14;/h3-4,8H,1-2,5-7,13H2;1H. The molecule has 1 fully saturated rings. The summed E-state index contributed by atoms with van der Waals surface area (Å²) in [6, 6.07) is 3.43. The van der Waals surface area contributed by atoms with Crippen LogP contribution in [0.2, 0.25) is 0 Å². The number of carbonyl (C=O) groups is 1. The van der Waals surface area contributed by atoms with Crippen molar-refractivity contribution in [1.29, 1.82) is 0 Å². The lowest BCUT2D eigenvalue weighted by Gasteiger charge is -2.31. The van der Waals surface area contributed by atoms with E-state index < -0.39 is 0 Å². The van der Waals surface area contributed by atoms with E-state index in [0.717, 1.165) is 25.9 Å². The smallest absolute Gasteiger partial charge is 0.289 e. The zero-order chi connectivity index (χ0) is 11.5. The summed E-state index contributed by atoms with van der Waals surface area (Å²) in [4.78, 5) is 13.9. The number of furan rings is 1. The summed E-state index contributed by atoms with van der Waals surface area (Å²) in [5, 5.41) is 0. The van der Waals surface area contributed by atoms with Gasteiger partial charge in [0.25, 0.3) is 5.91 Å². The van der Waals surface area contributed by atoms with Crippen LogP contribution in [0.5, 0.6) is 0 Å². The number of nitrogens with zero attached hydrogens (tertiary/aromatic N) is 1. The van der Waals surface area contributed by atoms with Gasteiger partial charge in [-0.15, -0.1) is 12.4 Å². The number of piperidine rings is 1. The summed E-state index contributed by atoms with van der Waals surface area (Å²) in [5.41, 5.74) is 5.64. The molecule has 1 saturated heterocycles. The van der Waals surface area contributed by atoms with Gasteiger partial charge in [0.05, 0.1) is 0 Å². The van der Waals surface area contributed by atoms with E-state index in [1.54, 1.807) is 12.1 Å². The normalized spacial score (nSPS) is 19.9. The third kappa shape index (κ3) is 3.47. The Morgan fingerprint density at radius 2 is 2.35 bits per heavy atom. The third-order valence-corrected chi connectivity index (χ3v) is 3.35. The summed E-state index contributed by atoms with van der Waals surface area (Å²) < 4.78 is 5.85. The number of hydrogen-bond acceptors (Lipinski definition) is 3. The van der Waals surface area contributed by atoms with Crippen molar-refractivity contribution in [2.45, 2.75) is 12.8 Å². The van der Waals surface area contributed by atoms with E-state index in [1.807, 2.05) is 4.90 Å². The molecule has 96 valence electrons. The van der Waals surface area contributed by atoms with Crippen molar-refractivity contribution < 1.29 is 9.21 Å². The van der Waals surface area contributed by atoms with Gasteiger partial charge in [0.15, 0.2) is 10.4 Å². The van der Waals surface area contributed by atoms with Gasteiger partial charge in [-0.3, -0.25) is 4.79 Å². The van der Waals surface area contributed by atoms with Gasteiger partial charge < -0.3 is 15.1 Å². The molecule has 17 heavy (non-hydrogen) atoms. The Morgan fingerprint density at radius 1 is 1.59 bits per heavy atom. The van der Waals surface area contributed by atoms with Gasteiger partial charge in [0.1, 0.15) is 0 Å². The fourth-order valence-electron chi connectivity index (χ4n) is 2.03. The number of halogens is 2. The van der Waals surface area contributed by atoms with Gasteiger partial charge in [-0.1, -0.05) is 0 Å². The fraction of sp³-hybridized carbons (Fsp3) is 0.545. The summed E-state index contributed by atoms with van der Waals surface area (Å²) in [7, 11) is 0. The highest BCUT2D eigenvalue weighted by Crippen LogP contribution is 2.20. The van der Waals surface area contributed by atoms with E-state index in [2.05, 4.69) is 15.9 Å². The summed E-state index contributed by atoms with van der Waals surface area (Å²) in [6.45, 7) is 2.19. The molecular formula is C11H16BrClN2O2. The van der Waals surface area contributed by atoms with Crippen molar-refractivity contribution in [3.8, 4) is 0 Å². The van der Waals surface area contributed by atoms with Crippen LogP contribution >= 0.6 is 28.3 Å². The zero-order valence-corrected chi connectivity index (χ0v) is 11.8. The maximum absolute atomic E-state index is 12.0. The Morgan fingerprint density at radius 3 is 2.94 bits per heavy atom. The van der Waals surface area contributed by atoms with E-state index in [-0.39, 0.29) is 18.3 Å². The number of hydrogen-bond donors (Lipinski definition) is 1. The second-order valence-corrected chi connectivity index (χ2v) is 4.88. The average Bonchev–Trinajstić information content (AvgIpc) is 2.75. The van der Waals surface area contributed by atoms with E-state index in [9.17, 15) is 4.79 Å². The minimum Gasteiger partial charge on any atom is -0.444 e. The number of carbonyl (C=O) groups excluding carboxylic acids is 1. The Kier molecular flexibility index (Phi) is 5.49. The minimum absolute atomic E-state index is 0. The first-order valence-corrected chi connectivity index (χ1v) is 6.24. The van der Waals surface area contributed by atoms with Crippen molar-refractivity contribution >= 4 is 34.2 Å². The molecule has 1 amide bonds. The van der Waals surface area contributed by atoms with Crippen LogP contribution in [0.4, 0.5) is 0 Å². The van der Waals surface area contributed by atoms with Crippen molar-refractivity contribution in [2.75, 3.05) is 19.6 Å². The molecule has 0 radical (unpaired) electrons. The predicted molar refractivity (Wildman–Crippen MR) is 71.3 cm³/mol. The lowest BCUT2D eigenvalue weighted by molar-refractivity contribution is 0.0644. The van der Waals surface area contributed by atoms with Gasteiger partial charge in [-0.05, 0) is 53.4 Å². The molecule has 0 spiro atoms. The van der Waals surface area contributed by atoms with Crippen molar-refractivity contribution in [3.05, 3.63) is 22.6 Å². The average molecular weight is 324 g/mol. The molecule has 1 aliphatic heterocycles. The largest absolute Gasteiger partial charge is 0.444 e. The van der Waals surface area contributed by atoms with Gasteiger partial charge in [-0.2, -0.15) is 0 Å². The maximum Gasteiger partial charge on any atom is 0.289 e. The van der Waals surface area contributed by atoms with Crippen LogP contribution in [0.1, 0.15) is 23.4 Å². The van der Waals surface area contributed by atoms with Crippen LogP contribution in [0.3, 0.4) is 0 Å². The molecule has 0 saturated carbocycles. The van der Waals surface area contributed by atoms with E-state index in [4.69, 9.17) is 10.2 Å². The molecule has 0 bridgehead atoms. The number of rotatable bonds is 2. The first-order valence-electron chi connectivity index (χ1n) is 5.45. The van der Waals surface area contributed by atoms with Gasteiger partial charge >= 0.3 is 0 Å². The number of nitrogens with two attached hydrogens (primary N) is 1. The molecule has 1 unspecified atom stereocenters. The monoisotopic (exact) mass is 322 g/mol. The summed E-state index contributed by atoms with van der Waals surface area (Å²) in [6.07, 6.45) is 2.14. The highest BCUT2D eigenvalue weighted by atomic mass is 79.9. The lowest BCUT2D eigenvalue weighted by Crippen LogP contribution is -2.41. The third-order valence-electron chi connectivity index (χ3n) is 2.92. The maximum atomic E-state index is 12.0. The lowest BCUT2D eigenvalue weighted by atomic mass is 9.98. The molecule has 1 atom stereocenters. The van der Waals surface area contributed by atoms with Crippen molar-refractivity contribution in [2.24, 2.45) is 11.7 Å². The predicted octanol–water partition coefficient (Wildman–Crippen LogP) is 2.27. The minimum atomic E-state index is -0.0381. The SMILES string of the molecule is Cl.NCC1CCCN(C(=O)c2ccc(Br)o2)C1. The van der Waals surface area contributed by atoms with Crippen LogP contribution in [0.15, 0.2) is 21.2 Å².